The molecule has 0 amide bonds. The number of aryl methyl sites for hydroxylation is 1. The third kappa shape index (κ3) is 2.36. The molecule has 0 radical (unpaired) electrons. The Labute approximate surface area is 118 Å². The summed E-state index contributed by atoms with van der Waals surface area (Å²) >= 11 is 0. The van der Waals surface area contributed by atoms with Crippen molar-refractivity contribution in [2.75, 3.05) is 5.75 Å². The van der Waals surface area contributed by atoms with Gasteiger partial charge in [0.1, 0.15) is 17.4 Å². The van der Waals surface area contributed by atoms with E-state index in [2.05, 4.69) is 0 Å². The number of aliphatic hydroxyl groups is 1. The van der Waals surface area contributed by atoms with Crippen LogP contribution in [0, 0.1) is 6.92 Å². The molecule has 1 N–H and O–H groups in total. The van der Waals surface area contributed by atoms with Crippen LogP contribution in [0.15, 0.2) is 28.7 Å². The molecular formula is C15H18O4S. The van der Waals surface area contributed by atoms with Gasteiger partial charge < -0.3 is 9.52 Å². The Balaban J connectivity index is 1.97. The summed E-state index contributed by atoms with van der Waals surface area (Å²) < 4.78 is 29.7. The lowest BCUT2D eigenvalue weighted by Gasteiger charge is -2.25. The molecule has 20 heavy (non-hydrogen) atoms. The average molecular weight is 294 g/mol. The summed E-state index contributed by atoms with van der Waals surface area (Å²) in [6, 6.07) is 7.48. The van der Waals surface area contributed by atoms with Crippen molar-refractivity contribution in [3.8, 4) is 0 Å². The molecule has 3 rings (SSSR count). The summed E-state index contributed by atoms with van der Waals surface area (Å²) in [5, 5.41) is 10.5. The molecule has 1 aromatic carbocycles. The van der Waals surface area contributed by atoms with Gasteiger partial charge in [-0.25, -0.2) is 8.42 Å². The van der Waals surface area contributed by atoms with Crippen LogP contribution in [-0.4, -0.2) is 24.5 Å². The smallest absolute Gasteiger partial charge is 0.156 e. The second-order valence-electron chi connectivity index (χ2n) is 5.54. The standard InChI is InChI=1S/C15H18O4S/c1-10-5-6-12-11(8-10)9-13(19-12)15(16)14-4-2-3-7-20(14,17)18/h5-6,8-9,14-16H,2-4,7H2,1H3. The molecule has 1 aliphatic rings. The molecule has 108 valence electrons. The lowest BCUT2D eigenvalue weighted by atomic mass is 10.1. The van der Waals surface area contributed by atoms with Gasteiger partial charge in [0.25, 0.3) is 0 Å². The van der Waals surface area contributed by atoms with E-state index in [1.165, 1.54) is 0 Å². The molecule has 0 aliphatic carbocycles. The van der Waals surface area contributed by atoms with Crippen LogP contribution in [0.1, 0.15) is 36.7 Å². The molecule has 2 atom stereocenters. The van der Waals surface area contributed by atoms with Gasteiger partial charge in [-0.1, -0.05) is 18.1 Å². The van der Waals surface area contributed by atoms with Crippen molar-refractivity contribution >= 4 is 20.8 Å². The number of rotatable bonds is 2. The van der Waals surface area contributed by atoms with Crippen LogP contribution >= 0.6 is 0 Å². The molecule has 5 heteroatoms. The quantitative estimate of drug-likeness (QED) is 0.924. The van der Waals surface area contributed by atoms with Gasteiger partial charge in [0.2, 0.25) is 0 Å². The molecule has 0 saturated carbocycles. The predicted octanol–water partition coefficient (Wildman–Crippen LogP) is 2.74. The molecule has 1 fully saturated rings. The van der Waals surface area contributed by atoms with Gasteiger partial charge in [0.15, 0.2) is 9.84 Å². The second kappa shape index (κ2) is 4.90. The lowest BCUT2D eigenvalue weighted by molar-refractivity contribution is 0.140. The average Bonchev–Trinajstić information content (AvgIpc) is 2.80. The van der Waals surface area contributed by atoms with Gasteiger partial charge in [-0.3, -0.25) is 0 Å². The van der Waals surface area contributed by atoms with Crippen molar-refractivity contribution in [3.63, 3.8) is 0 Å². The van der Waals surface area contributed by atoms with E-state index in [1.54, 1.807) is 6.07 Å². The highest BCUT2D eigenvalue weighted by molar-refractivity contribution is 7.92. The van der Waals surface area contributed by atoms with Gasteiger partial charge in [-0.15, -0.1) is 0 Å². The normalized spacial score (nSPS) is 23.8. The lowest BCUT2D eigenvalue weighted by Crippen LogP contribution is -2.33. The Morgan fingerprint density at radius 3 is 2.85 bits per heavy atom. The van der Waals surface area contributed by atoms with E-state index in [9.17, 15) is 13.5 Å². The summed E-state index contributed by atoms with van der Waals surface area (Å²) in [4.78, 5) is 0. The Hall–Kier alpha value is -1.33. The SMILES string of the molecule is Cc1ccc2oc(C(O)C3CCCCS3(=O)=O)cc2c1. The Morgan fingerprint density at radius 2 is 2.10 bits per heavy atom. The third-order valence-electron chi connectivity index (χ3n) is 3.96. The first-order valence-corrected chi connectivity index (χ1v) is 8.59. The first-order valence-electron chi connectivity index (χ1n) is 6.87. The number of fused-ring (bicyclic) bond motifs is 1. The number of hydrogen-bond donors (Lipinski definition) is 1. The van der Waals surface area contributed by atoms with Crippen LogP contribution in [0.3, 0.4) is 0 Å². The summed E-state index contributed by atoms with van der Waals surface area (Å²) in [7, 11) is -3.23. The number of sulfone groups is 1. The Morgan fingerprint density at radius 1 is 1.30 bits per heavy atom. The van der Waals surface area contributed by atoms with E-state index in [0.717, 1.165) is 17.4 Å². The van der Waals surface area contributed by atoms with E-state index in [1.807, 2.05) is 25.1 Å². The maximum atomic E-state index is 12.1. The molecule has 0 bridgehead atoms. The van der Waals surface area contributed by atoms with Crippen molar-refractivity contribution in [1.82, 2.24) is 0 Å². The summed E-state index contributed by atoms with van der Waals surface area (Å²) in [5.74, 6) is 0.509. The first kappa shape index (κ1) is 13.6. The minimum Gasteiger partial charge on any atom is -0.458 e. The molecule has 2 heterocycles. The van der Waals surface area contributed by atoms with Crippen LogP contribution in [0.4, 0.5) is 0 Å². The van der Waals surface area contributed by atoms with Gasteiger partial charge >= 0.3 is 0 Å². The van der Waals surface area contributed by atoms with Crippen LogP contribution in [-0.2, 0) is 9.84 Å². The highest BCUT2D eigenvalue weighted by Crippen LogP contribution is 2.33. The monoisotopic (exact) mass is 294 g/mol. The molecule has 2 aromatic rings. The second-order valence-corrected chi connectivity index (χ2v) is 7.88. The highest BCUT2D eigenvalue weighted by Gasteiger charge is 2.36. The molecule has 4 nitrogen and oxygen atoms in total. The van der Waals surface area contributed by atoms with Crippen molar-refractivity contribution in [2.45, 2.75) is 37.5 Å². The van der Waals surface area contributed by atoms with E-state index in [0.29, 0.717) is 24.2 Å². The van der Waals surface area contributed by atoms with Crippen molar-refractivity contribution in [3.05, 3.63) is 35.6 Å². The maximum Gasteiger partial charge on any atom is 0.156 e. The summed E-state index contributed by atoms with van der Waals surface area (Å²) in [5.41, 5.74) is 1.78. The zero-order valence-electron chi connectivity index (χ0n) is 11.4. The molecule has 1 aromatic heterocycles. The number of furan rings is 1. The fourth-order valence-corrected chi connectivity index (χ4v) is 4.81. The van der Waals surface area contributed by atoms with E-state index in [4.69, 9.17) is 4.42 Å². The zero-order valence-corrected chi connectivity index (χ0v) is 12.2. The minimum atomic E-state index is -3.23. The molecule has 1 aliphatic heterocycles. The van der Waals surface area contributed by atoms with Crippen LogP contribution in [0.5, 0.6) is 0 Å². The molecule has 1 saturated heterocycles. The molecule has 2 unspecified atom stereocenters. The van der Waals surface area contributed by atoms with Gasteiger partial charge in [-0.05, 0) is 38.0 Å². The Kier molecular flexibility index (Phi) is 3.34. The molecular weight excluding hydrogens is 276 g/mol. The zero-order chi connectivity index (χ0) is 14.3. The largest absolute Gasteiger partial charge is 0.458 e. The van der Waals surface area contributed by atoms with Gasteiger partial charge in [0, 0.05) is 5.39 Å². The van der Waals surface area contributed by atoms with E-state index >= 15 is 0 Å². The summed E-state index contributed by atoms with van der Waals surface area (Å²) in [6.45, 7) is 1.98. The van der Waals surface area contributed by atoms with Gasteiger partial charge in [-0.2, -0.15) is 0 Å². The first-order chi connectivity index (χ1) is 9.47. The van der Waals surface area contributed by atoms with E-state index in [-0.39, 0.29) is 5.75 Å². The highest BCUT2D eigenvalue weighted by atomic mass is 32.2. The number of aliphatic hydroxyl groups excluding tert-OH is 1. The van der Waals surface area contributed by atoms with E-state index < -0.39 is 21.2 Å². The predicted molar refractivity (Wildman–Crippen MR) is 77.3 cm³/mol. The number of hydrogen-bond acceptors (Lipinski definition) is 4. The number of benzene rings is 1. The van der Waals surface area contributed by atoms with Crippen LogP contribution < -0.4 is 0 Å². The fraction of sp³-hybridized carbons (Fsp3) is 0.467. The third-order valence-corrected chi connectivity index (χ3v) is 6.24. The van der Waals surface area contributed by atoms with Crippen molar-refractivity contribution in [2.24, 2.45) is 0 Å². The van der Waals surface area contributed by atoms with Crippen LogP contribution in [0.2, 0.25) is 0 Å². The van der Waals surface area contributed by atoms with Crippen molar-refractivity contribution < 1.29 is 17.9 Å². The topological polar surface area (TPSA) is 67.5 Å². The minimum absolute atomic E-state index is 0.161. The fourth-order valence-electron chi connectivity index (χ4n) is 2.85. The Bertz CT molecular complexity index is 729. The van der Waals surface area contributed by atoms with Crippen LogP contribution in [0.25, 0.3) is 11.0 Å². The van der Waals surface area contributed by atoms with Gasteiger partial charge in [0.05, 0.1) is 11.0 Å². The maximum absolute atomic E-state index is 12.1. The summed E-state index contributed by atoms with van der Waals surface area (Å²) in [6.07, 6.45) is 0.943. The van der Waals surface area contributed by atoms with Crippen molar-refractivity contribution in [1.29, 1.82) is 0 Å². The molecule has 0 spiro atoms.